The van der Waals surface area contributed by atoms with Gasteiger partial charge in [0.25, 0.3) is 6.43 Å². The van der Waals surface area contributed by atoms with Crippen LogP contribution in [0.5, 0.6) is 0 Å². The van der Waals surface area contributed by atoms with Crippen LogP contribution in [0.25, 0.3) is 11.3 Å². The lowest BCUT2D eigenvalue weighted by molar-refractivity contribution is 0.145. The van der Waals surface area contributed by atoms with Gasteiger partial charge < -0.3 is 0 Å². The van der Waals surface area contributed by atoms with E-state index in [1.807, 2.05) is 6.07 Å². The Balaban J connectivity index is 2.19. The molecule has 0 saturated carbocycles. The molecule has 0 fully saturated rings. The highest BCUT2D eigenvalue weighted by Gasteiger charge is 2.25. The zero-order valence-corrected chi connectivity index (χ0v) is 8.37. The Morgan fingerprint density at radius 1 is 1.31 bits per heavy atom. The molecule has 0 spiro atoms. The fraction of sp³-hybridized carbons (Fsp3) is 0.273. The molecule has 0 radical (unpaired) electrons. The van der Waals surface area contributed by atoms with Crippen molar-refractivity contribution in [3.05, 3.63) is 35.3 Å². The first-order chi connectivity index (χ1) is 7.77. The number of nitrogens with zero attached hydrogens (tertiary/aromatic N) is 2. The molecule has 1 aliphatic rings. The number of fused-ring (bicyclic) bond motifs is 3. The minimum atomic E-state index is -2.49. The second-order valence-electron chi connectivity index (χ2n) is 3.80. The van der Waals surface area contributed by atoms with Gasteiger partial charge in [-0.15, -0.1) is 0 Å². The average Bonchev–Trinajstić information content (AvgIpc) is 2.73. The summed E-state index contributed by atoms with van der Waals surface area (Å²) in [6.45, 7) is 0. The topological polar surface area (TPSA) is 41.6 Å². The molecule has 1 aliphatic carbocycles. The average molecular weight is 221 g/mol. The number of hydrogen-bond donors (Lipinski definition) is 1. The fourth-order valence-corrected chi connectivity index (χ4v) is 2.15. The van der Waals surface area contributed by atoms with Gasteiger partial charge in [-0.2, -0.15) is 5.10 Å². The van der Waals surface area contributed by atoms with Gasteiger partial charge in [-0.1, -0.05) is 0 Å². The van der Waals surface area contributed by atoms with Crippen LogP contribution < -0.4 is 0 Å². The first kappa shape index (κ1) is 9.45. The summed E-state index contributed by atoms with van der Waals surface area (Å²) in [5.74, 6) is 0. The van der Waals surface area contributed by atoms with Crippen LogP contribution in [-0.4, -0.2) is 15.2 Å². The molecule has 1 N–H and O–H groups in total. The van der Waals surface area contributed by atoms with E-state index in [-0.39, 0.29) is 5.69 Å². The van der Waals surface area contributed by atoms with Crippen molar-refractivity contribution in [2.45, 2.75) is 19.3 Å². The summed E-state index contributed by atoms with van der Waals surface area (Å²) in [7, 11) is 0. The molecule has 0 atom stereocenters. The lowest BCUT2D eigenvalue weighted by Gasteiger charge is -2.14. The van der Waals surface area contributed by atoms with E-state index in [2.05, 4.69) is 15.2 Å². The molecule has 2 aromatic heterocycles. The zero-order chi connectivity index (χ0) is 11.1. The van der Waals surface area contributed by atoms with Gasteiger partial charge in [0, 0.05) is 23.5 Å². The third kappa shape index (κ3) is 1.24. The Morgan fingerprint density at radius 3 is 3.00 bits per heavy atom. The van der Waals surface area contributed by atoms with Crippen molar-refractivity contribution in [3.63, 3.8) is 0 Å². The zero-order valence-electron chi connectivity index (χ0n) is 8.37. The minimum Gasteiger partial charge on any atom is -0.276 e. The normalized spacial score (nSPS) is 13.7. The number of pyridine rings is 1. The molecule has 2 aromatic rings. The maximum Gasteiger partial charge on any atom is 0.280 e. The van der Waals surface area contributed by atoms with Crippen LogP contribution in [0.15, 0.2) is 18.5 Å². The van der Waals surface area contributed by atoms with E-state index in [9.17, 15) is 8.78 Å². The summed E-state index contributed by atoms with van der Waals surface area (Å²) >= 11 is 0. The van der Waals surface area contributed by atoms with Gasteiger partial charge in [0.1, 0.15) is 5.69 Å². The molecule has 2 heterocycles. The molecule has 3 nitrogen and oxygen atoms in total. The molecule has 3 rings (SSSR count). The lowest BCUT2D eigenvalue weighted by atomic mass is 9.90. The number of nitrogens with one attached hydrogen (secondary N) is 1. The fourth-order valence-electron chi connectivity index (χ4n) is 2.15. The molecule has 0 aromatic carbocycles. The quantitative estimate of drug-likeness (QED) is 0.803. The Morgan fingerprint density at radius 2 is 2.19 bits per heavy atom. The van der Waals surface area contributed by atoms with E-state index in [1.165, 1.54) is 0 Å². The van der Waals surface area contributed by atoms with E-state index >= 15 is 0 Å². The second-order valence-corrected chi connectivity index (χ2v) is 3.80. The maximum atomic E-state index is 12.7. The first-order valence-corrected chi connectivity index (χ1v) is 5.06. The van der Waals surface area contributed by atoms with Crippen molar-refractivity contribution >= 4 is 0 Å². The van der Waals surface area contributed by atoms with Crippen LogP contribution in [0.3, 0.4) is 0 Å². The molecule has 0 amide bonds. The van der Waals surface area contributed by atoms with Gasteiger partial charge >= 0.3 is 0 Å². The SMILES string of the molecule is FC(F)c1[nH]nc2c1CCc1cnccc1-2. The molecule has 0 saturated heterocycles. The summed E-state index contributed by atoms with van der Waals surface area (Å²) in [5.41, 5.74) is 3.24. The molecule has 5 heteroatoms. The van der Waals surface area contributed by atoms with Gasteiger partial charge in [-0.05, 0) is 24.5 Å². The molecular formula is C11H9F2N3. The Hall–Kier alpha value is -1.78. The van der Waals surface area contributed by atoms with Crippen LogP contribution >= 0.6 is 0 Å². The van der Waals surface area contributed by atoms with Gasteiger partial charge in [0.15, 0.2) is 0 Å². The van der Waals surface area contributed by atoms with Crippen LogP contribution in [0, 0.1) is 0 Å². The number of aromatic amines is 1. The Labute approximate surface area is 90.5 Å². The van der Waals surface area contributed by atoms with Gasteiger partial charge in [0.2, 0.25) is 0 Å². The molecule has 82 valence electrons. The monoisotopic (exact) mass is 221 g/mol. The van der Waals surface area contributed by atoms with Crippen LogP contribution in [0.4, 0.5) is 8.78 Å². The van der Waals surface area contributed by atoms with Crippen molar-refractivity contribution in [2.24, 2.45) is 0 Å². The van der Waals surface area contributed by atoms with Crippen molar-refractivity contribution < 1.29 is 8.78 Å². The predicted molar refractivity (Wildman–Crippen MR) is 54.2 cm³/mol. The third-order valence-electron chi connectivity index (χ3n) is 2.92. The van der Waals surface area contributed by atoms with Crippen molar-refractivity contribution in [1.29, 1.82) is 0 Å². The number of aromatic nitrogens is 3. The van der Waals surface area contributed by atoms with E-state index in [0.717, 1.165) is 17.5 Å². The highest BCUT2D eigenvalue weighted by Crippen LogP contribution is 2.35. The number of halogens is 2. The summed E-state index contributed by atoms with van der Waals surface area (Å²) in [6, 6.07) is 1.82. The second kappa shape index (κ2) is 3.37. The van der Waals surface area contributed by atoms with Gasteiger partial charge in [-0.3, -0.25) is 10.1 Å². The van der Waals surface area contributed by atoms with Gasteiger partial charge in [-0.25, -0.2) is 8.78 Å². The first-order valence-electron chi connectivity index (χ1n) is 5.06. The van der Waals surface area contributed by atoms with E-state index in [1.54, 1.807) is 12.4 Å². The lowest BCUT2D eigenvalue weighted by Crippen LogP contribution is -2.04. The van der Waals surface area contributed by atoms with E-state index in [0.29, 0.717) is 17.7 Å². The Kier molecular flexibility index (Phi) is 1.99. The van der Waals surface area contributed by atoms with Crippen molar-refractivity contribution in [2.75, 3.05) is 0 Å². The smallest absolute Gasteiger partial charge is 0.276 e. The Bertz CT molecular complexity index is 534. The number of alkyl halides is 2. The van der Waals surface area contributed by atoms with E-state index < -0.39 is 6.43 Å². The molecule has 0 unspecified atom stereocenters. The van der Waals surface area contributed by atoms with Crippen molar-refractivity contribution in [1.82, 2.24) is 15.2 Å². The van der Waals surface area contributed by atoms with E-state index in [4.69, 9.17) is 0 Å². The number of hydrogen-bond acceptors (Lipinski definition) is 2. The maximum absolute atomic E-state index is 12.7. The van der Waals surface area contributed by atoms with Crippen LogP contribution in [-0.2, 0) is 12.8 Å². The number of H-pyrrole nitrogens is 1. The summed E-state index contributed by atoms with van der Waals surface area (Å²) in [4.78, 5) is 4.03. The van der Waals surface area contributed by atoms with Crippen LogP contribution in [0.1, 0.15) is 23.2 Å². The summed E-state index contributed by atoms with van der Waals surface area (Å²) < 4.78 is 25.4. The standard InChI is InChI=1S/C11H9F2N3/c12-11(13)10-8-2-1-6-5-14-4-3-7(6)9(8)15-16-10/h3-5,11H,1-2H2,(H,15,16). The highest BCUT2D eigenvalue weighted by molar-refractivity contribution is 5.69. The highest BCUT2D eigenvalue weighted by atomic mass is 19.3. The summed E-state index contributed by atoms with van der Waals surface area (Å²) in [6.07, 6.45) is 2.29. The summed E-state index contributed by atoms with van der Waals surface area (Å²) in [5, 5.41) is 6.42. The van der Waals surface area contributed by atoms with Gasteiger partial charge in [0.05, 0.1) is 5.69 Å². The third-order valence-corrected chi connectivity index (χ3v) is 2.92. The largest absolute Gasteiger partial charge is 0.280 e. The number of aryl methyl sites for hydroxylation is 1. The molecule has 16 heavy (non-hydrogen) atoms. The number of rotatable bonds is 1. The minimum absolute atomic E-state index is 0.0440. The molecule has 0 bridgehead atoms. The molecule has 0 aliphatic heterocycles. The van der Waals surface area contributed by atoms with Crippen LogP contribution in [0.2, 0.25) is 0 Å². The predicted octanol–water partition coefficient (Wildman–Crippen LogP) is 2.51. The van der Waals surface area contributed by atoms with Crippen molar-refractivity contribution in [3.8, 4) is 11.3 Å². The molecular weight excluding hydrogens is 212 g/mol.